The SMILES string of the molecule is CC(C)(CCCNC(=O)OCc1ccccc1)OC(=O)CN. The van der Waals surface area contributed by atoms with E-state index in [2.05, 4.69) is 5.32 Å². The summed E-state index contributed by atoms with van der Waals surface area (Å²) in [6.07, 6.45) is 0.837. The Morgan fingerprint density at radius 3 is 2.55 bits per heavy atom. The van der Waals surface area contributed by atoms with Crippen LogP contribution in [0.15, 0.2) is 30.3 Å². The molecule has 0 unspecified atom stereocenters. The van der Waals surface area contributed by atoms with Crippen molar-refractivity contribution in [3.05, 3.63) is 35.9 Å². The molecule has 22 heavy (non-hydrogen) atoms. The maximum atomic E-state index is 11.5. The Morgan fingerprint density at radius 1 is 1.23 bits per heavy atom. The van der Waals surface area contributed by atoms with Crippen molar-refractivity contribution in [1.82, 2.24) is 5.32 Å². The van der Waals surface area contributed by atoms with Gasteiger partial charge < -0.3 is 20.5 Å². The lowest BCUT2D eigenvalue weighted by Gasteiger charge is -2.24. The molecule has 3 N–H and O–H groups in total. The van der Waals surface area contributed by atoms with Crippen LogP contribution in [0, 0.1) is 0 Å². The Balaban J connectivity index is 2.16. The molecule has 6 nitrogen and oxygen atoms in total. The molecular weight excluding hydrogens is 284 g/mol. The first-order chi connectivity index (χ1) is 10.4. The minimum Gasteiger partial charge on any atom is -0.459 e. The van der Waals surface area contributed by atoms with Crippen molar-refractivity contribution in [2.24, 2.45) is 5.73 Å². The molecule has 0 heterocycles. The molecule has 0 aliphatic rings. The summed E-state index contributed by atoms with van der Waals surface area (Å²) in [5.74, 6) is -0.430. The topological polar surface area (TPSA) is 90.6 Å². The maximum Gasteiger partial charge on any atom is 0.407 e. The van der Waals surface area contributed by atoms with E-state index < -0.39 is 17.7 Å². The largest absolute Gasteiger partial charge is 0.459 e. The van der Waals surface area contributed by atoms with Gasteiger partial charge in [-0.15, -0.1) is 0 Å². The summed E-state index contributed by atoms with van der Waals surface area (Å²) >= 11 is 0. The van der Waals surface area contributed by atoms with Crippen LogP contribution in [-0.2, 0) is 20.9 Å². The van der Waals surface area contributed by atoms with E-state index >= 15 is 0 Å². The number of ether oxygens (including phenoxy) is 2. The van der Waals surface area contributed by atoms with Gasteiger partial charge in [-0.1, -0.05) is 30.3 Å². The fourth-order valence-corrected chi connectivity index (χ4v) is 1.88. The van der Waals surface area contributed by atoms with Crippen molar-refractivity contribution in [2.75, 3.05) is 13.1 Å². The quantitative estimate of drug-likeness (QED) is 0.566. The molecule has 0 aromatic heterocycles. The summed E-state index contributed by atoms with van der Waals surface area (Å²) < 4.78 is 10.3. The second-order valence-corrected chi connectivity index (χ2v) is 5.53. The van der Waals surface area contributed by atoms with Gasteiger partial charge in [0.25, 0.3) is 0 Å². The highest BCUT2D eigenvalue weighted by Gasteiger charge is 2.21. The van der Waals surface area contributed by atoms with E-state index in [1.807, 2.05) is 44.2 Å². The van der Waals surface area contributed by atoms with Crippen molar-refractivity contribution >= 4 is 12.1 Å². The number of alkyl carbamates (subject to hydrolysis) is 1. The smallest absolute Gasteiger partial charge is 0.407 e. The number of carbonyl (C=O) groups excluding carboxylic acids is 2. The van der Waals surface area contributed by atoms with Crippen molar-refractivity contribution in [3.63, 3.8) is 0 Å². The Morgan fingerprint density at radius 2 is 1.91 bits per heavy atom. The van der Waals surface area contributed by atoms with Gasteiger partial charge in [0.15, 0.2) is 0 Å². The number of rotatable bonds is 8. The zero-order valence-electron chi connectivity index (χ0n) is 13.1. The van der Waals surface area contributed by atoms with Gasteiger partial charge in [-0.05, 0) is 32.3 Å². The lowest BCUT2D eigenvalue weighted by molar-refractivity contribution is -0.155. The molecule has 0 aliphatic carbocycles. The minimum atomic E-state index is -0.591. The Hall–Kier alpha value is -2.08. The highest BCUT2D eigenvalue weighted by Crippen LogP contribution is 2.16. The third-order valence-corrected chi connectivity index (χ3v) is 2.99. The van der Waals surface area contributed by atoms with Crippen LogP contribution in [0.2, 0.25) is 0 Å². The normalized spacial score (nSPS) is 10.9. The molecule has 0 bridgehead atoms. The maximum absolute atomic E-state index is 11.5. The number of hydrogen-bond donors (Lipinski definition) is 2. The Labute approximate surface area is 131 Å². The van der Waals surface area contributed by atoms with Gasteiger partial charge in [-0.3, -0.25) is 4.79 Å². The van der Waals surface area contributed by atoms with E-state index in [-0.39, 0.29) is 13.2 Å². The summed E-state index contributed by atoms with van der Waals surface area (Å²) in [7, 11) is 0. The molecular formula is C16H24N2O4. The van der Waals surface area contributed by atoms with Crippen LogP contribution in [0.1, 0.15) is 32.3 Å². The first-order valence-electron chi connectivity index (χ1n) is 7.29. The van der Waals surface area contributed by atoms with E-state index in [9.17, 15) is 9.59 Å². The Kier molecular flexibility index (Phi) is 7.39. The zero-order chi connectivity index (χ0) is 16.4. The lowest BCUT2D eigenvalue weighted by atomic mass is 10.0. The molecule has 0 saturated heterocycles. The van der Waals surface area contributed by atoms with Gasteiger partial charge >= 0.3 is 12.1 Å². The van der Waals surface area contributed by atoms with Crippen molar-refractivity contribution in [3.8, 4) is 0 Å². The first-order valence-corrected chi connectivity index (χ1v) is 7.29. The summed E-state index contributed by atoms with van der Waals surface area (Å²) in [5.41, 5.74) is 5.55. The number of nitrogens with one attached hydrogen (secondary N) is 1. The van der Waals surface area contributed by atoms with Crippen LogP contribution in [-0.4, -0.2) is 30.8 Å². The van der Waals surface area contributed by atoms with Crippen LogP contribution >= 0.6 is 0 Å². The predicted octanol–water partition coefficient (Wildman–Crippen LogP) is 1.97. The summed E-state index contributed by atoms with van der Waals surface area (Å²) in [6, 6.07) is 9.47. The second-order valence-electron chi connectivity index (χ2n) is 5.53. The van der Waals surface area contributed by atoms with Crippen molar-refractivity contribution in [1.29, 1.82) is 0 Å². The fraction of sp³-hybridized carbons (Fsp3) is 0.500. The van der Waals surface area contributed by atoms with Crippen LogP contribution in [0.25, 0.3) is 0 Å². The Bertz CT molecular complexity index is 474. The van der Waals surface area contributed by atoms with E-state index in [0.29, 0.717) is 19.4 Å². The first kappa shape index (κ1) is 18.0. The van der Waals surface area contributed by atoms with Gasteiger partial charge in [-0.25, -0.2) is 4.79 Å². The molecule has 0 fully saturated rings. The molecule has 0 saturated carbocycles. The monoisotopic (exact) mass is 308 g/mol. The number of hydrogen-bond acceptors (Lipinski definition) is 5. The summed E-state index contributed by atoms with van der Waals surface area (Å²) in [4.78, 5) is 22.7. The van der Waals surface area contributed by atoms with Crippen molar-refractivity contribution in [2.45, 2.75) is 38.9 Å². The third-order valence-electron chi connectivity index (χ3n) is 2.99. The standard InChI is InChI=1S/C16H24N2O4/c1-16(2,22-14(19)11-17)9-6-10-18-15(20)21-12-13-7-4-3-5-8-13/h3-5,7-8H,6,9-12,17H2,1-2H3,(H,18,20). The van der Waals surface area contributed by atoms with Gasteiger partial charge in [0.1, 0.15) is 12.2 Å². The second kappa shape index (κ2) is 9.04. The molecule has 1 rings (SSSR count). The van der Waals surface area contributed by atoms with Gasteiger partial charge in [-0.2, -0.15) is 0 Å². The van der Waals surface area contributed by atoms with E-state index in [1.165, 1.54) is 0 Å². The fourth-order valence-electron chi connectivity index (χ4n) is 1.88. The van der Waals surface area contributed by atoms with Crippen LogP contribution in [0.4, 0.5) is 4.79 Å². The number of amides is 1. The predicted molar refractivity (Wildman–Crippen MR) is 83.1 cm³/mol. The number of esters is 1. The minimum absolute atomic E-state index is 0.131. The van der Waals surface area contributed by atoms with Gasteiger partial charge in [0.05, 0.1) is 6.54 Å². The average Bonchev–Trinajstić information content (AvgIpc) is 2.50. The average molecular weight is 308 g/mol. The molecule has 0 radical (unpaired) electrons. The number of nitrogens with two attached hydrogens (primary N) is 1. The van der Waals surface area contributed by atoms with Crippen LogP contribution < -0.4 is 11.1 Å². The molecule has 1 aromatic carbocycles. The molecule has 0 atom stereocenters. The molecule has 1 aromatic rings. The van der Waals surface area contributed by atoms with E-state index in [1.54, 1.807) is 0 Å². The molecule has 6 heteroatoms. The molecule has 122 valence electrons. The lowest BCUT2D eigenvalue weighted by Crippen LogP contribution is -2.33. The molecule has 0 aliphatic heterocycles. The highest BCUT2D eigenvalue weighted by atomic mass is 16.6. The molecule has 1 amide bonds. The molecule has 0 spiro atoms. The van der Waals surface area contributed by atoms with Crippen molar-refractivity contribution < 1.29 is 19.1 Å². The summed E-state index contributed by atoms with van der Waals surface area (Å²) in [5, 5.41) is 2.67. The van der Waals surface area contributed by atoms with E-state index in [4.69, 9.17) is 15.2 Å². The van der Waals surface area contributed by atoms with Gasteiger partial charge in [0, 0.05) is 6.54 Å². The zero-order valence-corrected chi connectivity index (χ0v) is 13.1. The van der Waals surface area contributed by atoms with Gasteiger partial charge in [0.2, 0.25) is 0 Å². The number of benzene rings is 1. The van der Waals surface area contributed by atoms with E-state index in [0.717, 1.165) is 5.56 Å². The highest BCUT2D eigenvalue weighted by molar-refractivity contribution is 5.71. The number of carbonyl (C=O) groups is 2. The third kappa shape index (κ3) is 7.64. The van der Waals surface area contributed by atoms with Crippen LogP contribution in [0.5, 0.6) is 0 Å². The summed E-state index contributed by atoms with van der Waals surface area (Å²) in [6.45, 7) is 4.19. The van der Waals surface area contributed by atoms with Crippen LogP contribution in [0.3, 0.4) is 0 Å².